The Kier molecular flexibility index (Phi) is 7.19. The Balaban J connectivity index is 1.43. The minimum atomic E-state index is -0.474. The van der Waals surface area contributed by atoms with Crippen molar-refractivity contribution < 1.29 is 14.4 Å². The summed E-state index contributed by atoms with van der Waals surface area (Å²) < 4.78 is 0. The van der Waals surface area contributed by atoms with Crippen LogP contribution in [-0.4, -0.2) is 17.7 Å². The van der Waals surface area contributed by atoms with Gasteiger partial charge in [0.05, 0.1) is 10.7 Å². The number of benzene rings is 3. The Morgan fingerprint density at radius 1 is 0.667 bits per heavy atom. The monoisotopic (exact) mass is 421 g/mol. The van der Waals surface area contributed by atoms with E-state index < -0.39 is 11.8 Å². The normalized spacial score (nSPS) is 10.2. The van der Waals surface area contributed by atoms with Gasteiger partial charge < -0.3 is 5.32 Å². The predicted molar refractivity (Wildman–Crippen MR) is 117 cm³/mol. The van der Waals surface area contributed by atoms with Gasteiger partial charge in [-0.25, -0.2) is 0 Å². The van der Waals surface area contributed by atoms with Crippen molar-refractivity contribution in [1.29, 1.82) is 0 Å². The van der Waals surface area contributed by atoms with Crippen LogP contribution in [0.25, 0.3) is 11.1 Å². The van der Waals surface area contributed by atoms with Gasteiger partial charge in [0, 0.05) is 18.4 Å². The molecule has 6 nitrogen and oxygen atoms in total. The van der Waals surface area contributed by atoms with E-state index in [9.17, 15) is 14.4 Å². The van der Waals surface area contributed by atoms with Gasteiger partial charge >= 0.3 is 0 Å². The van der Waals surface area contributed by atoms with Crippen molar-refractivity contribution in [2.24, 2.45) is 0 Å². The zero-order chi connectivity index (χ0) is 21.3. The highest BCUT2D eigenvalue weighted by Crippen LogP contribution is 2.21. The first-order chi connectivity index (χ1) is 14.5. The lowest BCUT2D eigenvalue weighted by atomic mass is 10.0. The molecule has 0 heterocycles. The zero-order valence-corrected chi connectivity index (χ0v) is 16.8. The molecule has 0 aliphatic rings. The highest BCUT2D eigenvalue weighted by atomic mass is 35.5. The van der Waals surface area contributed by atoms with Gasteiger partial charge in [0.2, 0.25) is 11.8 Å². The number of halogens is 1. The highest BCUT2D eigenvalue weighted by molar-refractivity contribution is 6.33. The Labute approximate surface area is 179 Å². The van der Waals surface area contributed by atoms with Gasteiger partial charge in [-0.15, -0.1) is 0 Å². The van der Waals surface area contributed by atoms with Crippen LogP contribution in [0.2, 0.25) is 5.02 Å². The Bertz CT molecular complexity index is 1040. The van der Waals surface area contributed by atoms with Gasteiger partial charge in [-0.3, -0.25) is 25.2 Å². The summed E-state index contributed by atoms with van der Waals surface area (Å²) in [5.74, 6) is -1.26. The summed E-state index contributed by atoms with van der Waals surface area (Å²) in [6.07, 6.45) is -0.123. The lowest BCUT2D eigenvalue weighted by Crippen LogP contribution is -2.41. The maximum Gasteiger partial charge on any atom is 0.269 e. The number of rotatable bonds is 6. The molecule has 0 fully saturated rings. The molecule has 3 rings (SSSR count). The molecule has 3 aromatic carbocycles. The van der Waals surface area contributed by atoms with E-state index in [0.29, 0.717) is 16.3 Å². The molecule has 0 aliphatic carbocycles. The third kappa shape index (κ3) is 5.93. The number of hydrazine groups is 1. The molecule has 0 unspecified atom stereocenters. The van der Waals surface area contributed by atoms with E-state index >= 15 is 0 Å². The van der Waals surface area contributed by atoms with Crippen LogP contribution in [0.15, 0.2) is 78.9 Å². The number of hydrogen-bond donors (Lipinski definition) is 3. The number of carbonyl (C=O) groups excluding carboxylic acids is 3. The molecule has 3 N–H and O–H groups in total. The molecule has 3 amide bonds. The number of amides is 3. The molecule has 0 saturated carbocycles. The first kappa shape index (κ1) is 21.1. The molecule has 0 atom stereocenters. The number of anilines is 1. The summed E-state index contributed by atoms with van der Waals surface area (Å²) in [6, 6.07) is 23.7. The highest BCUT2D eigenvalue weighted by Gasteiger charge is 2.11. The lowest BCUT2D eigenvalue weighted by Gasteiger charge is -2.09. The van der Waals surface area contributed by atoms with E-state index in [-0.39, 0.29) is 18.7 Å². The molecule has 0 aliphatic heterocycles. The second kappa shape index (κ2) is 10.2. The van der Waals surface area contributed by atoms with Crippen molar-refractivity contribution in [3.8, 4) is 11.1 Å². The van der Waals surface area contributed by atoms with Crippen molar-refractivity contribution in [2.45, 2.75) is 12.8 Å². The molecular formula is C23H20ClN3O3. The molecule has 152 valence electrons. The van der Waals surface area contributed by atoms with Crippen LogP contribution in [0.1, 0.15) is 23.2 Å². The average Bonchev–Trinajstić information content (AvgIpc) is 2.78. The van der Waals surface area contributed by atoms with E-state index in [4.69, 9.17) is 11.6 Å². The standard InChI is InChI=1S/C23H20ClN3O3/c24-19-8-4-5-9-20(19)25-21(28)14-15-22(29)26-27-23(30)18-12-10-17(11-13-18)16-6-2-1-3-7-16/h1-13H,14-15H2,(H,25,28)(H,26,29)(H,27,30). The van der Waals surface area contributed by atoms with Gasteiger partial charge in [-0.1, -0.05) is 66.2 Å². The summed E-state index contributed by atoms with van der Waals surface area (Å²) in [7, 11) is 0. The third-order valence-electron chi connectivity index (χ3n) is 4.30. The molecule has 3 aromatic rings. The summed E-state index contributed by atoms with van der Waals surface area (Å²) in [5, 5.41) is 3.05. The fraction of sp³-hybridized carbons (Fsp3) is 0.0870. The molecule has 0 bridgehead atoms. The average molecular weight is 422 g/mol. The van der Waals surface area contributed by atoms with Gasteiger partial charge in [0.15, 0.2) is 0 Å². The van der Waals surface area contributed by atoms with Crippen LogP contribution < -0.4 is 16.2 Å². The molecule has 30 heavy (non-hydrogen) atoms. The molecule has 0 saturated heterocycles. The molecular weight excluding hydrogens is 402 g/mol. The number of nitrogens with one attached hydrogen (secondary N) is 3. The largest absolute Gasteiger partial charge is 0.325 e. The Hall–Kier alpha value is -3.64. The Morgan fingerprint density at radius 3 is 1.97 bits per heavy atom. The fourth-order valence-electron chi connectivity index (χ4n) is 2.71. The van der Waals surface area contributed by atoms with Crippen LogP contribution in [0.4, 0.5) is 5.69 Å². The predicted octanol–water partition coefficient (Wildman–Crippen LogP) is 4.19. The maximum absolute atomic E-state index is 12.2. The van der Waals surface area contributed by atoms with E-state index in [1.165, 1.54) is 0 Å². The minimum Gasteiger partial charge on any atom is -0.325 e. The minimum absolute atomic E-state index is 0.0430. The molecule has 0 aromatic heterocycles. The first-order valence-corrected chi connectivity index (χ1v) is 9.70. The van der Waals surface area contributed by atoms with Gasteiger partial charge in [-0.2, -0.15) is 0 Å². The summed E-state index contributed by atoms with van der Waals surface area (Å²) in [4.78, 5) is 36.0. The van der Waals surface area contributed by atoms with Crippen LogP contribution in [0.3, 0.4) is 0 Å². The topological polar surface area (TPSA) is 87.3 Å². The lowest BCUT2D eigenvalue weighted by molar-refractivity contribution is -0.124. The van der Waals surface area contributed by atoms with Gasteiger partial charge in [-0.05, 0) is 35.4 Å². The quantitative estimate of drug-likeness (QED) is 0.521. The molecule has 0 spiro atoms. The van der Waals surface area contributed by atoms with E-state index in [1.54, 1.807) is 36.4 Å². The Morgan fingerprint density at radius 2 is 1.27 bits per heavy atom. The first-order valence-electron chi connectivity index (χ1n) is 9.32. The van der Waals surface area contributed by atoms with Crippen LogP contribution in [0, 0.1) is 0 Å². The maximum atomic E-state index is 12.2. The number of para-hydroxylation sites is 1. The van der Waals surface area contributed by atoms with Gasteiger partial charge in [0.25, 0.3) is 5.91 Å². The van der Waals surface area contributed by atoms with Gasteiger partial charge in [0.1, 0.15) is 0 Å². The number of carbonyl (C=O) groups is 3. The van der Waals surface area contributed by atoms with Crippen molar-refractivity contribution in [2.75, 3.05) is 5.32 Å². The van der Waals surface area contributed by atoms with Crippen molar-refractivity contribution in [3.63, 3.8) is 0 Å². The van der Waals surface area contributed by atoms with Crippen molar-refractivity contribution in [3.05, 3.63) is 89.4 Å². The van der Waals surface area contributed by atoms with Crippen LogP contribution in [0.5, 0.6) is 0 Å². The summed E-state index contributed by atoms with van der Waals surface area (Å²) in [6.45, 7) is 0. The number of hydrogen-bond acceptors (Lipinski definition) is 3. The summed E-state index contributed by atoms with van der Waals surface area (Å²) in [5.41, 5.74) is 7.59. The molecule has 0 radical (unpaired) electrons. The molecule has 7 heteroatoms. The van der Waals surface area contributed by atoms with Crippen molar-refractivity contribution >= 4 is 35.0 Å². The smallest absolute Gasteiger partial charge is 0.269 e. The zero-order valence-electron chi connectivity index (χ0n) is 16.0. The third-order valence-corrected chi connectivity index (χ3v) is 4.63. The van der Waals surface area contributed by atoms with Crippen LogP contribution >= 0.6 is 11.6 Å². The second-order valence-electron chi connectivity index (χ2n) is 6.47. The van der Waals surface area contributed by atoms with E-state index in [1.807, 2.05) is 42.5 Å². The fourth-order valence-corrected chi connectivity index (χ4v) is 2.89. The van der Waals surface area contributed by atoms with E-state index in [0.717, 1.165) is 11.1 Å². The van der Waals surface area contributed by atoms with E-state index in [2.05, 4.69) is 16.2 Å². The summed E-state index contributed by atoms with van der Waals surface area (Å²) >= 11 is 5.98. The SMILES string of the molecule is O=C(CCC(=O)Nc1ccccc1Cl)NNC(=O)c1ccc(-c2ccccc2)cc1. The second-order valence-corrected chi connectivity index (χ2v) is 6.88. The van der Waals surface area contributed by atoms with Crippen molar-refractivity contribution in [1.82, 2.24) is 10.9 Å². The van der Waals surface area contributed by atoms with Crippen LogP contribution in [-0.2, 0) is 9.59 Å².